The summed E-state index contributed by atoms with van der Waals surface area (Å²) in [6, 6.07) is 13.4. The zero-order chi connectivity index (χ0) is 23.0. The summed E-state index contributed by atoms with van der Waals surface area (Å²) >= 11 is 0. The first-order valence-electron chi connectivity index (χ1n) is 10.2. The Hall–Kier alpha value is -4.08. The van der Waals surface area contributed by atoms with Crippen molar-refractivity contribution in [1.82, 2.24) is 14.5 Å². The molecule has 0 bridgehead atoms. The van der Waals surface area contributed by atoms with E-state index in [9.17, 15) is 18.0 Å². The molecule has 0 saturated carbocycles. The third kappa shape index (κ3) is 4.59. The molecule has 33 heavy (non-hydrogen) atoms. The van der Waals surface area contributed by atoms with Crippen molar-refractivity contribution >= 4 is 34.3 Å². The fourth-order valence-electron chi connectivity index (χ4n) is 3.79. The zero-order valence-electron chi connectivity index (χ0n) is 17.2. The Bertz CT molecular complexity index is 1350. The van der Waals surface area contributed by atoms with Crippen LogP contribution in [0.5, 0.6) is 5.75 Å². The third-order valence-corrected chi connectivity index (χ3v) is 5.30. The minimum atomic E-state index is -4.77. The van der Waals surface area contributed by atoms with Gasteiger partial charge in [-0.2, -0.15) is 4.98 Å². The lowest BCUT2D eigenvalue weighted by molar-refractivity contribution is -0.274. The summed E-state index contributed by atoms with van der Waals surface area (Å²) in [6.07, 6.45) is -0.288. The Kier molecular flexibility index (Phi) is 5.12. The van der Waals surface area contributed by atoms with Gasteiger partial charge >= 0.3 is 6.36 Å². The van der Waals surface area contributed by atoms with Gasteiger partial charge in [-0.05, 0) is 42.3 Å². The van der Waals surface area contributed by atoms with E-state index in [0.29, 0.717) is 30.0 Å². The first kappa shape index (κ1) is 20.8. The standard InChI is InChI=1S/C23H18F3N5O2/c24-23(25,26)33-19-4-2-1-3-16(19)13-31-10-9-15-12-27-22(30-21(15)31)28-17-6-7-18-14(11-17)5-8-20(32)29-18/h1-4,6-7,9-12H,5,8,13H2,(H,29,32)(H,27,28,30). The van der Waals surface area contributed by atoms with Crippen LogP contribution in [-0.4, -0.2) is 26.8 Å². The molecule has 1 aliphatic rings. The highest BCUT2D eigenvalue weighted by Gasteiger charge is 2.32. The molecule has 1 aliphatic heterocycles. The number of nitrogens with zero attached hydrogens (tertiary/aromatic N) is 3. The lowest BCUT2D eigenvalue weighted by Crippen LogP contribution is -2.18. The first-order chi connectivity index (χ1) is 15.8. The van der Waals surface area contributed by atoms with Crippen molar-refractivity contribution in [2.75, 3.05) is 10.6 Å². The number of hydrogen-bond donors (Lipinski definition) is 2. The van der Waals surface area contributed by atoms with Gasteiger partial charge in [-0.3, -0.25) is 4.79 Å². The summed E-state index contributed by atoms with van der Waals surface area (Å²) in [6.45, 7) is 0.144. The van der Waals surface area contributed by atoms with Gasteiger partial charge in [0.2, 0.25) is 11.9 Å². The minimum absolute atomic E-state index is 0.0000340. The Morgan fingerprint density at radius 1 is 1.12 bits per heavy atom. The second-order valence-electron chi connectivity index (χ2n) is 7.62. The number of anilines is 3. The van der Waals surface area contributed by atoms with Crippen LogP contribution in [0.15, 0.2) is 60.9 Å². The fourth-order valence-corrected chi connectivity index (χ4v) is 3.79. The Labute approximate surface area is 186 Å². The van der Waals surface area contributed by atoms with Gasteiger partial charge in [0, 0.05) is 41.1 Å². The predicted octanol–water partition coefficient (Wildman–Crippen LogP) is 5.01. The van der Waals surface area contributed by atoms with E-state index < -0.39 is 6.36 Å². The average Bonchev–Trinajstić information content (AvgIpc) is 3.16. The molecule has 0 unspecified atom stereocenters. The molecule has 7 nitrogen and oxygen atoms in total. The van der Waals surface area contributed by atoms with Crippen molar-refractivity contribution in [3.8, 4) is 5.75 Å². The van der Waals surface area contributed by atoms with Crippen molar-refractivity contribution in [2.45, 2.75) is 25.7 Å². The molecule has 4 aromatic rings. The summed E-state index contributed by atoms with van der Waals surface area (Å²) in [4.78, 5) is 20.4. The number of aryl methyl sites for hydroxylation is 1. The number of aromatic nitrogens is 3. The number of rotatable bonds is 5. The van der Waals surface area contributed by atoms with Gasteiger partial charge in [0.15, 0.2) is 0 Å². The van der Waals surface area contributed by atoms with Crippen molar-refractivity contribution in [3.63, 3.8) is 0 Å². The van der Waals surface area contributed by atoms with E-state index in [1.54, 1.807) is 35.2 Å². The van der Waals surface area contributed by atoms with Crippen molar-refractivity contribution in [2.24, 2.45) is 0 Å². The Morgan fingerprint density at radius 2 is 1.97 bits per heavy atom. The van der Waals surface area contributed by atoms with E-state index in [-0.39, 0.29) is 18.2 Å². The van der Waals surface area contributed by atoms with Gasteiger partial charge in [0.1, 0.15) is 11.4 Å². The van der Waals surface area contributed by atoms with Crippen LogP contribution in [0.4, 0.5) is 30.5 Å². The highest BCUT2D eigenvalue weighted by molar-refractivity contribution is 5.94. The molecule has 0 radical (unpaired) electrons. The molecular weight excluding hydrogens is 435 g/mol. The number of nitrogens with one attached hydrogen (secondary N) is 2. The van der Waals surface area contributed by atoms with Gasteiger partial charge in [0.25, 0.3) is 0 Å². The van der Waals surface area contributed by atoms with E-state index in [4.69, 9.17) is 0 Å². The first-order valence-corrected chi connectivity index (χ1v) is 10.2. The maximum Gasteiger partial charge on any atom is 0.573 e. The smallest absolute Gasteiger partial charge is 0.405 e. The molecule has 1 amide bonds. The molecule has 168 valence electrons. The third-order valence-electron chi connectivity index (χ3n) is 5.30. The van der Waals surface area contributed by atoms with Gasteiger partial charge in [-0.25, -0.2) is 4.98 Å². The van der Waals surface area contributed by atoms with Gasteiger partial charge in [0.05, 0.1) is 6.54 Å². The summed E-state index contributed by atoms with van der Waals surface area (Å²) in [5.41, 5.74) is 3.52. The van der Waals surface area contributed by atoms with E-state index in [1.807, 2.05) is 18.2 Å². The van der Waals surface area contributed by atoms with Gasteiger partial charge in [-0.15, -0.1) is 13.2 Å². The Morgan fingerprint density at radius 3 is 2.82 bits per heavy atom. The molecule has 5 rings (SSSR count). The number of carbonyl (C=O) groups excluding carboxylic acids is 1. The number of halogens is 3. The zero-order valence-corrected chi connectivity index (χ0v) is 17.2. The van der Waals surface area contributed by atoms with Crippen LogP contribution in [0.3, 0.4) is 0 Å². The van der Waals surface area contributed by atoms with Crippen LogP contribution in [0.25, 0.3) is 11.0 Å². The SMILES string of the molecule is O=C1CCc2cc(Nc3ncc4ccn(Cc5ccccc5OC(F)(F)F)c4n3)ccc2N1. The largest absolute Gasteiger partial charge is 0.573 e. The topological polar surface area (TPSA) is 81.1 Å². The lowest BCUT2D eigenvalue weighted by atomic mass is 10.0. The molecule has 2 aromatic carbocycles. The molecule has 0 aliphatic carbocycles. The summed E-state index contributed by atoms with van der Waals surface area (Å²) in [5.74, 6) is 0.0995. The molecule has 0 saturated heterocycles. The summed E-state index contributed by atoms with van der Waals surface area (Å²) in [5, 5.41) is 6.75. The quantitative estimate of drug-likeness (QED) is 0.444. The number of carbonyl (C=O) groups is 1. The molecule has 2 N–H and O–H groups in total. The van der Waals surface area contributed by atoms with E-state index in [1.165, 1.54) is 12.1 Å². The maximum absolute atomic E-state index is 12.8. The van der Waals surface area contributed by atoms with Crippen molar-refractivity contribution < 1.29 is 22.7 Å². The Balaban J connectivity index is 1.41. The number of benzene rings is 2. The number of para-hydroxylation sites is 1. The average molecular weight is 453 g/mol. The number of fused-ring (bicyclic) bond motifs is 2. The van der Waals surface area contributed by atoms with Crippen LogP contribution < -0.4 is 15.4 Å². The molecule has 3 heterocycles. The number of alkyl halides is 3. The van der Waals surface area contributed by atoms with Crippen LogP contribution in [-0.2, 0) is 17.8 Å². The summed E-state index contributed by atoms with van der Waals surface area (Å²) < 4.78 is 44.2. The maximum atomic E-state index is 12.8. The normalized spacial score (nSPS) is 13.5. The summed E-state index contributed by atoms with van der Waals surface area (Å²) in [7, 11) is 0. The van der Waals surface area contributed by atoms with E-state index in [0.717, 1.165) is 22.3 Å². The van der Waals surface area contributed by atoms with Crippen LogP contribution in [0.1, 0.15) is 17.5 Å². The fraction of sp³-hybridized carbons (Fsp3) is 0.174. The highest BCUT2D eigenvalue weighted by Crippen LogP contribution is 2.29. The van der Waals surface area contributed by atoms with Crippen molar-refractivity contribution in [1.29, 1.82) is 0 Å². The number of amides is 1. The number of hydrogen-bond acceptors (Lipinski definition) is 5. The molecule has 0 atom stereocenters. The van der Waals surface area contributed by atoms with Crippen molar-refractivity contribution in [3.05, 3.63) is 72.1 Å². The molecule has 0 spiro atoms. The highest BCUT2D eigenvalue weighted by atomic mass is 19.4. The van der Waals surface area contributed by atoms with Crippen LogP contribution >= 0.6 is 0 Å². The van der Waals surface area contributed by atoms with E-state index >= 15 is 0 Å². The predicted molar refractivity (Wildman–Crippen MR) is 116 cm³/mol. The van der Waals surface area contributed by atoms with E-state index in [2.05, 4.69) is 25.3 Å². The molecule has 0 fully saturated rings. The second-order valence-corrected chi connectivity index (χ2v) is 7.62. The minimum Gasteiger partial charge on any atom is -0.405 e. The molecular formula is C23H18F3N5O2. The molecule has 2 aromatic heterocycles. The molecule has 10 heteroatoms. The van der Waals surface area contributed by atoms with Gasteiger partial charge in [-0.1, -0.05) is 18.2 Å². The van der Waals surface area contributed by atoms with Crippen LogP contribution in [0.2, 0.25) is 0 Å². The number of ether oxygens (including phenoxy) is 1. The lowest BCUT2D eigenvalue weighted by Gasteiger charge is -2.17. The van der Waals surface area contributed by atoms with Crippen LogP contribution in [0, 0.1) is 0 Å². The second kappa shape index (κ2) is 8.12. The monoisotopic (exact) mass is 453 g/mol. The van der Waals surface area contributed by atoms with Gasteiger partial charge < -0.3 is 19.9 Å².